The van der Waals surface area contributed by atoms with Crippen LogP contribution in [0.2, 0.25) is 0 Å². The van der Waals surface area contributed by atoms with Crippen LogP contribution in [0.3, 0.4) is 0 Å². The highest BCUT2D eigenvalue weighted by Gasteiger charge is 2.05. The van der Waals surface area contributed by atoms with E-state index in [1.165, 1.54) is 7.05 Å². The number of amides is 1. The molecule has 0 aliphatic heterocycles. The summed E-state index contributed by atoms with van der Waals surface area (Å²) in [6, 6.07) is 8.72. The Morgan fingerprint density at radius 2 is 2.00 bits per heavy atom. The summed E-state index contributed by atoms with van der Waals surface area (Å²) in [4.78, 5) is 15.2. The maximum atomic E-state index is 10.3. The molecule has 4 heteroatoms. The molecule has 0 unspecified atom stereocenters. The Kier molecular flexibility index (Phi) is 2.53. The van der Waals surface area contributed by atoms with E-state index < -0.39 is 6.09 Å². The highest BCUT2D eigenvalue weighted by molar-refractivity contribution is 5.63. The zero-order valence-corrected chi connectivity index (χ0v) is 6.60. The van der Waals surface area contributed by atoms with E-state index in [9.17, 15) is 4.79 Å². The van der Waals surface area contributed by atoms with Gasteiger partial charge in [0.25, 0.3) is 0 Å². The van der Waals surface area contributed by atoms with Gasteiger partial charge in [0.2, 0.25) is 0 Å². The maximum absolute atomic E-state index is 10.3. The predicted molar refractivity (Wildman–Crippen MR) is 42.9 cm³/mol. The van der Waals surface area contributed by atoms with Crippen LogP contribution in [0, 0.1) is 0 Å². The predicted octanol–water partition coefficient (Wildman–Crippen LogP) is 1.59. The Morgan fingerprint density at radius 3 is 2.50 bits per heavy atom. The number of carboxylic acid groups (broad SMARTS) is 1. The van der Waals surface area contributed by atoms with Crippen molar-refractivity contribution >= 4 is 6.09 Å². The zero-order valence-electron chi connectivity index (χ0n) is 6.60. The first-order valence-electron chi connectivity index (χ1n) is 3.40. The smallest absolute Gasteiger partial charge is 0.440 e. The standard InChI is InChI=1S/C8H9NO3/c1-9(8(10)11)12-7-5-3-2-4-6-7/h2-6H,1H3,(H,10,11). The molecule has 0 spiro atoms. The second-order valence-corrected chi connectivity index (χ2v) is 2.18. The van der Waals surface area contributed by atoms with Crippen LogP contribution in [0.5, 0.6) is 5.75 Å². The zero-order chi connectivity index (χ0) is 8.97. The topological polar surface area (TPSA) is 49.8 Å². The van der Waals surface area contributed by atoms with Crippen molar-refractivity contribution in [1.82, 2.24) is 5.06 Å². The number of hydrogen-bond acceptors (Lipinski definition) is 2. The summed E-state index contributed by atoms with van der Waals surface area (Å²) in [6.45, 7) is 0. The van der Waals surface area contributed by atoms with Gasteiger partial charge in [0, 0.05) is 0 Å². The fourth-order valence-corrected chi connectivity index (χ4v) is 0.679. The van der Waals surface area contributed by atoms with Crippen molar-refractivity contribution in [2.45, 2.75) is 0 Å². The number of rotatable bonds is 2. The van der Waals surface area contributed by atoms with Crippen molar-refractivity contribution < 1.29 is 14.7 Å². The molecule has 64 valence electrons. The van der Waals surface area contributed by atoms with Gasteiger partial charge in [-0.1, -0.05) is 18.2 Å². The summed E-state index contributed by atoms with van der Waals surface area (Å²) in [7, 11) is 1.33. The summed E-state index contributed by atoms with van der Waals surface area (Å²) < 4.78 is 0. The lowest BCUT2D eigenvalue weighted by Gasteiger charge is -2.12. The summed E-state index contributed by atoms with van der Waals surface area (Å²) in [5.74, 6) is 0.502. The number of hydroxylamine groups is 2. The van der Waals surface area contributed by atoms with E-state index in [-0.39, 0.29) is 0 Å². The van der Waals surface area contributed by atoms with E-state index in [0.29, 0.717) is 5.75 Å². The SMILES string of the molecule is CN(Oc1ccccc1)C(=O)O. The van der Waals surface area contributed by atoms with E-state index in [4.69, 9.17) is 9.94 Å². The molecule has 1 N–H and O–H groups in total. The fourth-order valence-electron chi connectivity index (χ4n) is 0.679. The molecule has 0 bridgehead atoms. The molecule has 4 nitrogen and oxygen atoms in total. The third-order valence-electron chi connectivity index (χ3n) is 1.25. The third-order valence-corrected chi connectivity index (χ3v) is 1.25. The van der Waals surface area contributed by atoms with E-state index in [1.54, 1.807) is 24.3 Å². The Morgan fingerprint density at radius 1 is 1.42 bits per heavy atom. The van der Waals surface area contributed by atoms with Crippen LogP contribution in [-0.4, -0.2) is 23.3 Å². The van der Waals surface area contributed by atoms with Crippen molar-refractivity contribution in [1.29, 1.82) is 0 Å². The van der Waals surface area contributed by atoms with Gasteiger partial charge in [0.15, 0.2) is 5.75 Å². The minimum Gasteiger partial charge on any atom is -0.463 e. The van der Waals surface area contributed by atoms with Crippen LogP contribution in [0.4, 0.5) is 4.79 Å². The van der Waals surface area contributed by atoms with Crippen LogP contribution in [0.1, 0.15) is 0 Å². The minimum absolute atomic E-state index is 0.502. The van der Waals surface area contributed by atoms with Crippen molar-refractivity contribution in [3.8, 4) is 5.75 Å². The first-order valence-corrected chi connectivity index (χ1v) is 3.40. The fraction of sp³-hybridized carbons (Fsp3) is 0.125. The van der Waals surface area contributed by atoms with Crippen molar-refractivity contribution in [2.24, 2.45) is 0 Å². The maximum Gasteiger partial charge on any atom is 0.440 e. The van der Waals surface area contributed by atoms with Gasteiger partial charge in [-0.05, 0) is 12.1 Å². The van der Waals surface area contributed by atoms with Crippen LogP contribution in [0.25, 0.3) is 0 Å². The number of nitrogens with zero attached hydrogens (tertiary/aromatic N) is 1. The molecule has 0 atom stereocenters. The van der Waals surface area contributed by atoms with Crippen LogP contribution < -0.4 is 4.84 Å². The van der Waals surface area contributed by atoms with Gasteiger partial charge in [-0.25, -0.2) is 4.79 Å². The highest BCUT2D eigenvalue weighted by Crippen LogP contribution is 2.09. The number of benzene rings is 1. The largest absolute Gasteiger partial charge is 0.463 e. The highest BCUT2D eigenvalue weighted by atomic mass is 16.7. The molecule has 0 saturated heterocycles. The van der Waals surface area contributed by atoms with Gasteiger partial charge >= 0.3 is 6.09 Å². The average Bonchev–Trinajstić information content (AvgIpc) is 2.06. The summed E-state index contributed by atoms with van der Waals surface area (Å²) in [5.41, 5.74) is 0. The molecule has 0 radical (unpaired) electrons. The molecule has 0 aliphatic carbocycles. The lowest BCUT2D eigenvalue weighted by molar-refractivity contribution is -0.0131. The summed E-state index contributed by atoms with van der Waals surface area (Å²) >= 11 is 0. The Balaban J connectivity index is 2.58. The first kappa shape index (κ1) is 8.39. The van der Waals surface area contributed by atoms with Crippen molar-refractivity contribution in [3.05, 3.63) is 30.3 Å². The normalized spacial score (nSPS) is 9.08. The van der Waals surface area contributed by atoms with Gasteiger partial charge in [-0.2, -0.15) is 0 Å². The molecule has 0 aromatic heterocycles. The Labute approximate surface area is 69.9 Å². The Hall–Kier alpha value is -1.71. The molecular formula is C8H9NO3. The molecule has 0 saturated carbocycles. The van der Waals surface area contributed by atoms with E-state index in [1.807, 2.05) is 6.07 Å². The van der Waals surface area contributed by atoms with Gasteiger partial charge in [0.05, 0.1) is 7.05 Å². The van der Waals surface area contributed by atoms with Crippen molar-refractivity contribution in [2.75, 3.05) is 7.05 Å². The molecule has 1 rings (SSSR count). The van der Waals surface area contributed by atoms with Crippen LogP contribution in [-0.2, 0) is 0 Å². The van der Waals surface area contributed by atoms with Gasteiger partial charge in [0.1, 0.15) is 0 Å². The number of hydrogen-bond donors (Lipinski definition) is 1. The third kappa shape index (κ3) is 2.16. The first-order chi connectivity index (χ1) is 5.70. The molecule has 12 heavy (non-hydrogen) atoms. The monoisotopic (exact) mass is 167 g/mol. The lowest BCUT2D eigenvalue weighted by atomic mass is 10.3. The quantitative estimate of drug-likeness (QED) is 0.680. The van der Waals surface area contributed by atoms with E-state index in [0.717, 1.165) is 5.06 Å². The minimum atomic E-state index is -1.13. The molecule has 0 fully saturated rings. The van der Waals surface area contributed by atoms with Gasteiger partial charge < -0.3 is 9.94 Å². The number of carbonyl (C=O) groups is 1. The summed E-state index contributed by atoms with van der Waals surface area (Å²) in [6.07, 6.45) is -1.13. The van der Waals surface area contributed by atoms with Gasteiger partial charge in [-0.15, -0.1) is 5.06 Å². The molecule has 1 aromatic rings. The molecule has 0 aliphatic rings. The van der Waals surface area contributed by atoms with E-state index in [2.05, 4.69) is 0 Å². The summed E-state index contributed by atoms with van der Waals surface area (Å²) in [5, 5.41) is 9.19. The Bertz CT molecular complexity index is 260. The van der Waals surface area contributed by atoms with Crippen LogP contribution in [0.15, 0.2) is 30.3 Å². The molecule has 1 amide bonds. The molecule has 0 heterocycles. The second-order valence-electron chi connectivity index (χ2n) is 2.18. The average molecular weight is 167 g/mol. The number of para-hydroxylation sites is 1. The molecule has 1 aromatic carbocycles. The van der Waals surface area contributed by atoms with Crippen molar-refractivity contribution in [3.63, 3.8) is 0 Å². The molecular weight excluding hydrogens is 158 g/mol. The van der Waals surface area contributed by atoms with Gasteiger partial charge in [-0.3, -0.25) is 0 Å². The second kappa shape index (κ2) is 3.61. The lowest BCUT2D eigenvalue weighted by Crippen LogP contribution is -2.28. The van der Waals surface area contributed by atoms with Crippen LogP contribution >= 0.6 is 0 Å². The van der Waals surface area contributed by atoms with E-state index >= 15 is 0 Å².